The molecule has 0 fully saturated rings. The van der Waals surface area contributed by atoms with Crippen LogP contribution in [-0.4, -0.2) is 31.4 Å². The highest BCUT2D eigenvalue weighted by molar-refractivity contribution is 6.01. The predicted molar refractivity (Wildman–Crippen MR) is 103 cm³/mol. The molecule has 0 aliphatic carbocycles. The molecule has 5 heteroatoms. The van der Waals surface area contributed by atoms with Gasteiger partial charge in [0.05, 0.1) is 12.7 Å². The van der Waals surface area contributed by atoms with Crippen molar-refractivity contribution in [3.63, 3.8) is 0 Å². The Morgan fingerprint density at radius 1 is 0.963 bits per heavy atom. The van der Waals surface area contributed by atoms with Crippen LogP contribution < -0.4 is 0 Å². The van der Waals surface area contributed by atoms with Crippen LogP contribution in [-0.2, 0) is 14.3 Å². The summed E-state index contributed by atoms with van der Waals surface area (Å²) in [4.78, 5) is 35.6. The SMILES string of the molecule is COC(=O)c1ccc(/C=C/C(=O)OCC(=O)c2c(C)cc(C)cc2C)cc1. The van der Waals surface area contributed by atoms with E-state index < -0.39 is 11.9 Å². The number of aryl methyl sites for hydroxylation is 3. The lowest BCUT2D eigenvalue weighted by molar-refractivity contribution is -0.136. The summed E-state index contributed by atoms with van der Waals surface area (Å²) in [5, 5.41) is 0. The van der Waals surface area contributed by atoms with Crippen molar-refractivity contribution in [1.82, 2.24) is 0 Å². The number of methoxy groups -OCH3 is 1. The van der Waals surface area contributed by atoms with Gasteiger partial charge in [0.15, 0.2) is 6.61 Å². The van der Waals surface area contributed by atoms with Gasteiger partial charge in [0.25, 0.3) is 0 Å². The quantitative estimate of drug-likeness (QED) is 0.441. The minimum absolute atomic E-state index is 0.228. The molecule has 0 radical (unpaired) electrons. The lowest BCUT2D eigenvalue weighted by Crippen LogP contribution is -2.15. The average molecular weight is 366 g/mol. The Kier molecular flexibility index (Phi) is 6.66. The maximum Gasteiger partial charge on any atom is 0.337 e. The molecule has 2 rings (SSSR count). The maximum absolute atomic E-state index is 12.4. The van der Waals surface area contributed by atoms with Crippen LogP contribution in [0.4, 0.5) is 0 Å². The minimum Gasteiger partial charge on any atom is -0.465 e. The molecule has 0 N–H and O–H groups in total. The lowest BCUT2D eigenvalue weighted by atomic mass is 9.97. The second kappa shape index (κ2) is 8.94. The lowest BCUT2D eigenvalue weighted by Gasteiger charge is -2.10. The molecular weight excluding hydrogens is 344 g/mol. The summed E-state index contributed by atoms with van der Waals surface area (Å²) < 4.78 is 9.68. The fourth-order valence-corrected chi connectivity index (χ4v) is 2.89. The Hall–Kier alpha value is -3.21. The number of rotatable bonds is 6. The first-order chi connectivity index (χ1) is 12.8. The van der Waals surface area contributed by atoms with Crippen LogP contribution in [0.3, 0.4) is 0 Å². The van der Waals surface area contributed by atoms with Crippen LogP contribution in [0.25, 0.3) is 6.08 Å². The van der Waals surface area contributed by atoms with Crippen molar-refractivity contribution >= 4 is 23.8 Å². The summed E-state index contributed by atoms with van der Waals surface area (Å²) in [6, 6.07) is 10.4. The molecule has 5 nitrogen and oxygen atoms in total. The predicted octanol–water partition coefficient (Wildman–Crippen LogP) is 3.84. The molecule has 0 bridgehead atoms. The van der Waals surface area contributed by atoms with E-state index in [1.807, 2.05) is 32.9 Å². The van der Waals surface area contributed by atoms with Crippen LogP contribution in [0.15, 0.2) is 42.5 Å². The molecule has 0 atom stereocenters. The van der Waals surface area contributed by atoms with Gasteiger partial charge in [0, 0.05) is 11.6 Å². The second-order valence-corrected chi connectivity index (χ2v) is 6.25. The van der Waals surface area contributed by atoms with Crippen LogP contribution in [0, 0.1) is 20.8 Å². The minimum atomic E-state index is -0.609. The summed E-state index contributed by atoms with van der Waals surface area (Å²) in [6.07, 6.45) is 2.80. The summed E-state index contributed by atoms with van der Waals surface area (Å²) in [7, 11) is 1.31. The molecule has 0 heterocycles. The number of carbonyl (C=O) groups excluding carboxylic acids is 3. The molecule has 0 aliphatic heterocycles. The second-order valence-electron chi connectivity index (χ2n) is 6.25. The van der Waals surface area contributed by atoms with Crippen LogP contribution >= 0.6 is 0 Å². The Morgan fingerprint density at radius 2 is 1.56 bits per heavy atom. The molecule has 0 unspecified atom stereocenters. The summed E-state index contributed by atoms with van der Waals surface area (Å²) in [6.45, 7) is 5.39. The zero-order chi connectivity index (χ0) is 20.0. The van der Waals surface area contributed by atoms with Gasteiger partial charge in [0.1, 0.15) is 0 Å². The summed E-state index contributed by atoms with van der Waals surface area (Å²) in [5.74, 6) is -1.26. The first-order valence-corrected chi connectivity index (χ1v) is 8.46. The smallest absolute Gasteiger partial charge is 0.337 e. The molecule has 2 aromatic carbocycles. The molecule has 0 aromatic heterocycles. The van der Waals surface area contributed by atoms with E-state index >= 15 is 0 Å². The maximum atomic E-state index is 12.4. The van der Waals surface area contributed by atoms with E-state index in [1.54, 1.807) is 30.3 Å². The third-order valence-corrected chi connectivity index (χ3v) is 4.05. The van der Waals surface area contributed by atoms with E-state index in [2.05, 4.69) is 4.74 Å². The molecule has 0 amide bonds. The number of esters is 2. The van der Waals surface area contributed by atoms with Gasteiger partial charge in [-0.15, -0.1) is 0 Å². The van der Waals surface area contributed by atoms with Crippen molar-refractivity contribution in [3.8, 4) is 0 Å². The van der Waals surface area contributed by atoms with E-state index in [-0.39, 0.29) is 12.4 Å². The highest BCUT2D eigenvalue weighted by Gasteiger charge is 2.14. The summed E-state index contributed by atoms with van der Waals surface area (Å²) >= 11 is 0. The molecule has 27 heavy (non-hydrogen) atoms. The molecule has 140 valence electrons. The Labute approximate surface area is 158 Å². The van der Waals surface area contributed by atoms with E-state index in [9.17, 15) is 14.4 Å². The molecular formula is C22H22O5. The monoisotopic (exact) mass is 366 g/mol. The first kappa shape index (κ1) is 20.1. The number of ketones is 1. The Balaban J connectivity index is 1.95. The fourth-order valence-electron chi connectivity index (χ4n) is 2.89. The first-order valence-electron chi connectivity index (χ1n) is 8.46. The van der Waals surface area contributed by atoms with E-state index in [0.29, 0.717) is 11.1 Å². The van der Waals surface area contributed by atoms with Gasteiger partial charge in [-0.05, 0) is 55.7 Å². The number of benzene rings is 2. The van der Waals surface area contributed by atoms with Gasteiger partial charge in [-0.25, -0.2) is 9.59 Å². The zero-order valence-corrected chi connectivity index (χ0v) is 15.9. The molecule has 0 saturated carbocycles. The van der Waals surface area contributed by atoms with E-state index in [1.165, 1.54) is 13.2 Å². The molecule has 2 aromatic rings. The zero-order valence-electron chi connectivity index (χ0n) is 15.9. The highest BCUT2D eigenvalue weighted by atomic mass is 16.5. The fraction of sp³-hybridized carbons (Fsp3) is 0.227. The van der Waals surface area contributed by atoms with E-state index in [0.717, 1.165) is 22.3 Å². The third kappa shape index (κ3) is 5.38. The number of hydrogen-bond acceptors (Lipinski definition) is 5. The number of Topliss-reactive ketones (excluding diaryl/α,β-unsaturated/α-hetero) is 1. The highest BCUT2D eigenvalue weighted by Crippen LogP contribution is 2.17. The number of carbonyl (C=O) groups is 3. The van der Waals surface area contributed by atoms with Crippen molar-refractivity contribution in [3.05, 3.63) is 75.9 Å². The molecule has 0 spiro atoms. The van der Waals surface area contributed by atoms with Gasteiger partial charge >= 0.3 is 11.9 Å². The van der Waals surface area contributed by atoms with E-state index in [4.69, 9.17) is 4.74 Å². The molecule has 0 aliphatic rings. The van der Waals surface area contributed by atoms with Crippen LogP contribution in [0.5, 0.6) is 0 Å². The Bertz CT molecular complexity index is 868. The van der Waals surface area contributed by atoms with Crippen molar-refractivity contribution in [2.75, 3.05) is 13.7 Å². The molecule has 0 saturated heterocycles. The Morgan fingerprint density at radius 3 is 2.11 bits per heavy atom. The van der Waals surface area contributed by atoms with Crippen LogP contribution in [0.1, 0.15) is 43.0 Å². The van der Waals surface area contributed by atoms with Gasteiger partial charge in [-0.3, -0.25) is 4.79 Å². The van der Waals surface area contributed by atoms with Crippen LogP contribution in [0.2, 0.25) is 0 Å². The van der Waals surface area contributed by atoms with Gasteiger partial charge in [0.2, 0.25) is 5.78 Å². The standard InChI is InChI=1S/C22H22O5/c1-14-11-15(2)21(16(3)12-14)19(23)13-27-20(24)10-7-17-5-8-18(9-6-17)22(25)26-4/h5-12H,13H2,1-4H3/b10-7+. The van der Waals surface area contributed by atoms with Gasteiger partial charge in [-0.1, -0.05) is 29.8 Å². The van der Waals surface area contributed by atoms with Crippen molar-refractivity contribution < 1.29 is 23.9 Å². The average Bonchev–Trinajstić information content (AvgIpc) is 2.63. The number of hydrogen-bond donors (Lipinski definition) is 0. The van der Waals surface area contributed by atoms with Gasteiger partial charge in [-0.2, -0.15) is 0 Å². The normalized spacial score (nSPS) is 10.7. The third-order valence-electron chi connectivity index (χ3n) is 4.05. The van der Waals surface area contributed by atoms with Gasteiger partial charge < -0.3 is 9.47 Å². The summed E-state index contributed by atoms with van der Waals surface area (Å²) in [5.41, 5.74) is 4.56. The van der Waals surface area contributed by atoms with Crippen molar-refractivity contribution in [1.29, 1.82) is 0 Å². The van der Waals surface area contributed by atoms with Crippen molar-refractivity contribution in [2.45, 2.75) is 20.8 Å². The topological polar surface area (TPSA) is 69.7 Å². The van der Waals surface area contributed by atoms with Crippen molar-refractivity contribution in [2.24, 2.45) is 0 Å². The number of ether oxygens (including phenoxy) is 2. The largest absolute Gasteiger partial charge is 0.465 e.